The highest BCUT2D eigenvalue weighted by Crippen LogP contribution is 2.29. The van der Waals surface area contributed by atoms with Gasteiger partial charge in [-0.05, 0) is 31.3 Å². The van der Waals surface area contributed by atoms with Crippen LogP contribution in [0, 0.1) is 0 Å². The standard InChI is InChI=1S/C14H21ClN2O/c1-3-17-8-9-18-13(10-16-2)14(17)11-4-6-12(15)7-5-11/h4-7,13-14,16H,3,8-10H2,1-2H3. The van der Waals surface area contributed by atoms with Gasteiger partial charge in [-0.3, -0.25) is 4.90 Å². The van der Waals surface area contributed by atoms with Crippen molar-refractivity contribution >= 4 is 11.6 Å². The lowest BCUT2D eigenvalue weighted by molar-refractivity contribution is -0.0686. The van der Waals surface area contributed by atoms with Crippen LogP contribution in [0.25, 0.3) is 0 Å². The van der Waals surface area contributed by atoms with Gasteiger partial charge < -0.3 is 10.1 Å². The normalized spacial score (nSPS) is 25.3. The van der Waals surface area contributed by atoms with Crippen LogP contribution in [0.5, 0.6) is 0 Å². The van der Waals surface area contributed by atoms with Gasteiger partial charge in [0.15, 0.2) is 0 Å². The predicted molar refractivity (Wildman–Crippen MR) is 75.1 cm³/mol. The zero-order chi connectivity index (χ0) is 13.0. The van der Waals surface area contributed by atoms with Crippen LogP contribution in [-0.2, 0) is 4.74 Å². The quantitative estimate of drug-likeness (QED) is 0.907. The summed E-state index contributed by atoms with van der Waals surface area (Å²) in [6.07, 6.45) is 0.199. The SMILES string of the molecule is CCN1CCOC(CNC)C1c1ccc(Cl)cc1. The first kappa shape index (κ1) is 13.8. The van der Waals surface area contributed by atoms with Gasteiger partial charge in [-0.15, -0.1) is 0 Å². The molecular weight excluding hydrogens is 248 g/mol. The smallest absolute Gasteiger partial charge is 0.0896 e. The Balaban J connectivity index is 2.24. The van der Waals surface area contributed by atoms with Gasteiger partial charge in [0.05, 0.1) is 18.8 Å². The molecule has 1 N–H and O–H groups in total. The van der Waals surface area contributed by atoms with Crippen LogP contribution in [-0.4, -0.2) is 44.3 Å². The molecule has 100 valence electrons. The number of benzene rings is 1. The van der Waals surface area contributed by atoms with E-state index in [4.69, 9.17) is 16.3 Å². The molecule has 2 atom stereocenters. The summed E-state index contributed by atoms with van der Waals surface area (Å²) in [6.45, 7) is 5.90. The lowest BCUT2D eigenvalue weighted by Gasteiger charge is -2.41. The van der Waals surface area contributed by atoms with Gasteiger partial charge >= 0.3 is 0 Å². The number of nitrogens with one attached hydrogen (secondary N) is 1. The average Bonchev–Trinajstić information content (AvgIpc) is 2.40. The molecule has 18 heavy (non-hydrogen) atoms. The molecule has 1 heterocycles. The Kier molecular flexibility index (Phi) is 5.01. The van der Waals surface area contributed by atoms with Crippen molar-refractivity contribution in [3.63, 3.8) is 0 Å². The summed E-state index contributed by atoms with van der Waals surface area (Å²) in [4.78, 5) is 2.47. The molecule has 0 radical (unpaired) electrons. The van der Waals surface area contributed by atoms with Gasteiger partial charge in [0, 0.05) is 18.1 Å². The number of morpholine rings is 1. The van der Waals surface area contributed by atoms with E-state index >= 15 is 0 Å². The molecule has 4 heteroatoms. The summed E-state index contributed by atoms with van der Waals surface area (Å²) in [5.74, 6) is 0. The number of likely N-dealkylation sites (N-methyl/N-ethyl adjacent to an activating group) is 2. The third-order valence-corrected chi connectivity index (χ3v) is 3.73. The topological polar surface area (TPSA) is 24.5 Å². The third-order valence-electron chi connectivity index (χ3n) is 3.48. The number of hydrogen-bond acceptors (Lipinski definition) is 3. The van der Waals surface area contributed by atoms with E-state index < -0.39 is 0 Å². The summed E-state index contributed by atoms with van der Waals surface area (Å²) in [7, 11) is 1.97. The fourth-order valence-electron chi connectivity index (χ4n) is 2.60. The molecule has 3 nitrogen and oxygen atoms in total. The van der Waals surface area contributed by atoms with Crippen LogP contribution in [0.3, 0.4) is 0 Å². The van der Waals surface area contributed by atoms with Gasteiger partial charge in [-0.1, -0.05) is 30.7 Å². The Morgan fingerprint density at radius 1 is 1.39 bits per heavy atom. The Morgan fingerprint density at radius 2 is 2.11 bits per heavy atom. The van der Waals surface area contributed by atoms with E-state index in [1.165, 1.54) is 5.56 Å². The maximum absolute atomic E-state index is 5.96. The van der Waals surface area contributed by atoms with Crippen molar-refractivity contribution in [1.29, 1.82) is 0 Å². The van der Waals surface area contributed by atoms with Crippen molar-refractivity contribution in [1.82, 2.24) is 10.2 Å². The van der Waals surface area contributed by atoms with Crippen LogP contribution in [0.2, 0.25) is 5.02 Å². The second-order valence-corrected chi connectivity index (χ2v) is 5.03. The van der Waals surface area contributed by atoms with Crippen molar-refractivity contribution in [2.75, 3.05) is 33.3 Å². The van der Waals surface area contributed by atoms with E-state index in [0.29, 0.717) is 6.04 Å². The molecule has 1 fully saturated rings. The summed E-state index contributed by atoms with van der Waals surface area (Å²) < 4.78 is 5.91. The Hall–Kier alpha value is -0.610. The molecule has 0 aliphatic carbocycles. The van der Waals surface area contributed by atoms with E-state index in [-0.39, 0.29) is 6.10 Å². The molecule has 2 rings (SSSR count). The first-order valence-corrected chi connectivity index (χ1v) is 6.89. The number of halogens is 1. The summed E-state index contributed by atoms with van der Waals surface area (Å²) >= 11 is 5.96. The molecule has 0 amide bonds. The monoisotopic (exact) mass is 268 g/mol. The molecule has 0 bridgehead atoms. The van der Waals surface area contributed by atoms with Crippen LogP contribution < -0.4 is 5.32 Å². The second-order valence-electron chi connectivity index (χ2n) is 4.59. The summed E-state index contributed by atoms with van der Waals surface area (Å²) in [5, 5.41) is 4.00. The van der Waals surface area contributed by atoms with Crippen LogP contribution >= 0.6 is 11.6 Å². The first-order valence-electron chi connectivity index (χ1n) is 6.52. The molecule has 1 saturated heterocycles. The minimum atomic E-state index is 0.199. The molecular formula is C14H21ClN2O. The summed E-state index contributed by atoms with van der Waals surface area (Å²) in [6, 6.07) is 8.43. The van der Waals surface area contributed by atoms with Crippen LogP contribution in [0.4, 0.5) is 0 Å². The second kappa shape index (κ2) is 6.53. The molecule has 0 spiro atoms. The molecule has 2 unspecified atom stereocenters. The minimum Gasteiger partial charge on any atom is -0.374 e. The van der Waals surface area contributed by atoms with Gasteiger partial charge in [0.2, 0.25) is 0 Å². The van der Waals surface area contributed by atoms with Gasteiger partial charge in [0.25, 0.3) is 0 Å². The zero-order valence-corrected chi connectivity index (χ0v) is 11.8. The summed E-state index contributed by atoms with van der Waals surface area (Å²) in [5.41, 5.74) is 1.28. The van der Waals surface area contributed by atoms with E-state index in [2.05, 4.69) is 29.3 Å². The van der Waals surface area contributed by atoms with Crippen molar-refractivity contribution < 1.29 is 4.74 Å². The van der Waals surface area contributed by atoms with E-state index in [1.807, 2.05) is 19.2 Å². The minimum absolute atomic E-state index is 0.199. The molecule has 1 aromatic carbocycles. The fraction of sp³-hybridized carbons (Fsp3) is 0.571. The molecule has 0 aromatic heterocycles. The third kappa shape index (κ3) is 3.04. The van der Waals surface area contributed by atoms with E-state index in [1.54, 1.807) is 0 Å². The van der Waals surface area contributed by atoms with Gasteiger partial charge in [-0.25, -0.2) is 0 Å². The maximum Gasteiger partial charge on any atom is 0.0896 e. The number of hydrogen-bond donors (Lipinski definition) is 1. The number of nitrogens with zero attached hydrogens (tertiary/aromatic N) is 1. The van der Waals surface area contributed by atoms with Crippen molar-refractivity contribution in [3.8, 4) is 0 Å². The molecule has 1 aliphatic rings. The zero-order valence-electron chi connectivity index (χ0n) is 11.0. The number of ether oxygens (including phenoxy) is 1. The maximum atomic E-state index is 5.96. The largest absolute Gasteiger partial charge is 0.374 e. The predicted octanol–water partition coefficient (Wildman–Crippen LogP) is 2.32. The van der Waals surface area contributed by atoms with E-state index in [0.717, 1.165) is 31.3 Å². The van der Waals surface area contributed by atoms with Crippen molar-refractivity contribution in [2.45, 2.75) is 19.1 Å². The highest BCUT2D eigenvalue weighted by Gasteiger charge is 2.32. The molecule has 1 aliphatic heterocycles. The highest BCUT2D eigenvalue weighted by atomic mass is 35.5. The molecule has 0 saturated carbocycles. The number of rotatable bonds is 4. The first-order chi connectivity index (χ1) is 8.76. The van der Waals surface area contributed by atoms with Crippen LogP contribution in [0.15, 0.2) is 24.3 Å². The Morgan fingerprint density at radius 3 is 2.72 bits per heavy atom. The highest BCUT2D eigenvalue weighted by molar-refractivity contribution is 6.30. The van der Waals surface area contributed by atoms with Gasteiger partial charge in [0.1, 0.15) is 0 Å². The lowest BCUT2D eigenvalue weighted by atomic mass is 9.98. The molecule has 1 aromatic rings. The van der Waals surface area contributed by atoms with Crippen molar-refractivity contribution in [3.05, 3.63) is 34.9 Å². The van der Waals surface area contributed by atoms with Crippen LogP contribution in [0.1, 0.15) is 18.5 Å². The lowest BCUT2D eigenvalue weighted by Crippen LogP contribution is -2.48. The Bertz CT molecular complexity index is 367. The van der Waals surface area contributed by atoms with Gasteiger partial charge in [-0.2, -0.15) is 0 Å². The average molecular weight is 269 g/mol. The van der Waals surface area contributed by atoms with Crippen molar-refractivity contribution in [2.24, 2.45) is 0 Å². The fourth-order valence-corrected chi connectivity index (χ4v) is 2.72. The Labute approximate surface area is 114 Å². The van der Waals surface area contributed by atoms with E-state index in [9.17, 15) is 0 Å².